The van der Waals surface area contributed by atoms with E-state index in [0.717, 1.165) is 39.3 Å². The lowest BCUT2D eigenvalue weighted by atomic mass is 9.99. The third-order valence-corrected chi connectivity index (χ3v) is 9.79. The van der Waals surface area contributed by atoms with Crippen LogP contribution in [-0.2, 0) is 14.1 Å². The van der Waals surface area contributed by atoms with Gasteiger partial charge < -0.3 is 45.3 Å². The highest BCUT2D eigenvalue weighted by Crippen LogP contribution is 2.24. The van der Waals surface area contributed by atoms with Crippen molar-refractivity contribution in [1.29, 1.82) is 0 Å². The lowest BCUT2D eigenvalue weighted by Crippen LogP contribution is -2.34. The Hall–Kier alpha value is -5.24. The van der Waals surface area contributed by atoms with Crippen molar-refractivity contribution in [3.8, 4) is 0 Å². The van der Waals surface area contributed by atoms with Gasteiger partial charge >= 0.3 is 0 Å². The van der Waals surface area contributed by atoms with Gasteiger partial charge in [-0.15, -0.1) is 0 Å². The molecule has 2 aliphatic rings. The van der Waals surface area contributed by atoms with Crippen LogP contribution in [0.1, 0.15) is 84.6 Å². The number of aromatic nitrogens is 2. The van der Waals surface area contributed by atoms with Crippen molar-refractivity contribution in [3.63, 3.8) is 0 Å². The Morgan fingerprint density at radius 2 is 0.962 bits per heavy atom. The van der Waals surface area contributed by atoms with E-state index in [9.17, 15) is 24.3 Å². The van der Waals surface area contributed by atoms with E-state index in [1.165, 1.54) is 25.7 Å². The first-order valence-electron chi connectivity index (χ1n) is 18.0. The first-order valence-corrected chi connectivity index (χ1v) is 18.0. The number of amides is 4. The van der Waals surface area contributed by atoms with Crippen LogP contribution in [-0.4, -0.2) is 100 Å². The predicted octanol–water partition coefficient (Wildman–Crippen LogP) is 3.60. The summed E-state index contributed by atoms with van der Waals surface area (Å²) >= 11 is 0. The van der Waals surface area contributed by atoms with Crippen molar-refractivity contribution in [3.05, 3.63) is 107 Å². The quantitative estimate of drug-likeness (QED) is 0.134. The highest BCUT2D eigenvalue weighted by atomic mass is 16.3. The summed E-state index contributed by atoms with van der Waals surface area (Å²) in [7, 11) is 3.52. The molecule has 2 fully saturated rings. The van der Waals surface area contributed by atoms with Gasteiger partial charge in [0, 0.05) is 63.8 Å². The average Bonchev–Trinajstić information content (AvgIpc) is 3.98. The number of benzene rings is 2. The van der Waals surface area contributed by atoms with Crippen LogP contribution in [0.15, 0.2) is 73.1 Å². The smallest absolute Gasteiger partial charge is 0.268 e. The van der Waals surface area contributed by atoms with E-state index in [1.54, 1.807) is 96.3 Å². The molecule has 0 unspecified atom stereocenters. The summed E-state index contributed by atoms with van der Waals surface area (Å²) < 4.78 is 3.37. The minimum Gasteiger partial charge on any atom is -0.384 e. The van der Waals surface area contributed by atoms with Crippen LogP contribution >= 0.6 is 0 Å². The van der Waals surface area contributed by atoms with Crippen LogP contribution < -0.4 is 21.3 Å². The van der Waals surface area contributed by atoms with Gasteiger partial charge in [-0.25, -0.2) is 0 Å². The van der Waals surface area contributed by atoms with Crippen LogP contribution in [0.25, 0.3) is 0 Å². The minimum atomic E-state index is -0.976. The molecule has 0 radical (unpaired) electrons. The van der Waals surface area contributed by atoms with E-state index in [1.807, 2.05) is 0 Å². The summed E-state index contributed by atoms with van der Waals surface area (Å²) in [5.41, 5.74) is 3.87. The van der Waals surface area contributed by atoms with Crippen LogP contribution in [0.4, 0.5) is 11.4 Å². The molecule has 2 saturated heterocycles. The number of hydrogen-bond donors (Lipinski definition) is 5. The van der Waals surface area contributed by atoms with Gasteiger partial charge in [-0.2, -0.15) is 0 Å². The van der Waals surface area contributed by atoms with Gasteiger partial charge in [0.15, 0.2) is 0 Å². The van der Waals surface area contributed by atoms with E-state index in [2.05, 4.69) is 31.1 Å². The van der Waals surface area contributed by atoms with E-state index < -0.39 is 6.10 Å². The highest BCUT2D eigenvalue weighted by molar-refractivity contribution is 6.06. The number of aryl methyl sites for hydroxylation is 2. The number of carbonyl (C=O) groups is 4. The molecule has 2 aliphatic heterocycles. The first-order chi connectivity index (χ1) is 25.1. The maximum absolute atomic E-state index is 13.0. The molecule has 4 aromatic rings. The molecule has 6 rings (SSSR count). The highest BCUT2D eigenvalue weighted by Gasteiger charge is 2.19. The summed E-state index contributed by atoms with van der Waals surface area (Å²) in [6.07, 6.45) is 7.23. The average molecular weight is 709 g/mol. The van der Waals surface area contributed by atoms with Crippen LogP contribution in [0.5, 0.6) is 0 Å². The molecule has 13 nitrogen and oxygen atoms in total. The number of anilines is 2. The zero-order valence-corrected chi connectivity index (χ0v) is 29.9. The van der Waals surface area contributed by atoms with Gasteiger partial charge in [0.2, 0.25) is 0 Å². The zero-order valence-electron chi connectivity index (χ0n) is 29.9. The molecule has 0 atom stereocenters. The van der Waals surface area contributed by atoms with Crippen LogP contribution in [0.2, 0.25) is 0 Å². The molecule has 0 bridgehead atoms. The van der Waals surface area contributed by atoms with Crippen molar-refractivity contribution in [1.82, 2.24) is 29.6 Å². The second-order valence-electron chi connectivity index (χ2n) is 13.6. The normalized spacial score (nSPS) is 14.8. The van der Waals surface area contributed by atoms with Crippen molar-refractivity contribution in [2.45, 2.75) is 31.8 Å². The molecule has 2 aromatic carbocycles. The van der Waals surface area contributed by atoms with E-state index in [0.29, 0.717) is 58.1 Å². The number of carbonyl (C=O) groups excluding carboxylic acids is 4. The lowest BCUT2D eigenvalue weighted by molar-refractivity contribution is 0.0933. The molecule has 4 amide bonds. The lowest BCUT2D eigenvalue weighted by Gasteiger charge is -2.14. The Balaban J connectivity index is 0.983. The van der Waals surface area contributed by atoms with E-state index in [-0.39, 0.29) is 23.6 Å². The molecule has 0 aliphatic carbocycles. The Bertz CT molecular complexity index is 1730. The van der Waals surface area contributed by atoms with E-state index >= 15 is 0 Å². The Labute approximate surface area is 304 Å². The summed E-state index contributed by atoms with van der Waals surface area (Å²) in [5.74, 6) is -1.06. The predicted molar refractivity (Wildman–Crippen MR) is 200 cm³/mol. The fraction of sp³-hybridized carbons (Fsp3) is 0.385. The number of nitrogens with zero attached hydrogens (tertiary/aromatic N) is 4. The SMILES string of the molecule is Cn1cc(NC(=O)c2ccc(C(O)c3ccc(C(=O)Nc4cc(C(=O)NCCN5CCCC5)n(C)c4)cc3)cc2)cc1C(=O)NCCN1CCCC1. The molecule has 0 spiro atoms. The van der Waals surface area contributed by atoms with Gasteiger partial charge in [-0.1, -0.05) is 24.3 Å². The Morgan fingerprint density at radius 1 is 0.596 bits per heavy atom. The number of rotatable bonds is 14. The fourth-order valence-electron chi connectivity index (χ4n) is 6.80. The van der Waals surface area contributed by atoms with Gasteiger partial charge in [0.1, 0.15) is 17.5 Å². The number of aliphatic hydroxyl groups is 1. The molecule has 52 heavy (non-hydrogen) atoms. The maximum atomic E-state index is 13.0. The molecule has 5 N–H and O–H groups in total. The van der Waals surface area contributed by atoms with Crippen molar-refractivity contribution < 1.29 is 24.3 Å². The number of nitrogens with one attached hydrogen (secondary N) is 4. The largest absolute Gasteiger partial charge is 0.384 e. The molecule has 4 heterocycles. The number of likely N-dealkylation sites (tertiary alicyclic amines) is 2. The summed E-state index contributed by atoms with van der Waals surface area (Å²) in [5, 5.41) is 22.7. The zero-order chi connectivity index (χ0) is 36.6. The minimum absolute atomic E-state index is 0.191. The standard InChI is InChI=1S/C39H48N8O5/c1-44-25-31(23-33(44)38(51)40-15-21-46-17-3-4-18-46)42-36(49)29-11-7-27(8-12-29)35(48)28-9-13-30(14-10-28)37(50)43-32-24-34(45(2)26-32)39(52)41-16-22-47-19-5-6-20-47/h7-14,23-26,35,48H,3-6,15-22H2,1-2H3,(H,40,51)(H,41,52)(H,42,49)(H,43,50). The molecule has 274 valence electrons. The van der Waals surface area contributed by atoms with Gasteiger partial charge in [-0.3, -0.25) is 19.2 Å². The Kier molecular flexibility index (Phi) is 11.8. The second-order valence-corrected chi connectivity index (χ2v) is 13.6. The molecule has 13 heteroatoms. The van der Waals surface area contributed by atoms with Crippen molar-refractivity contribution in [2.24, 2.45) is 14.1 Å². The fourth-order valence-corrected chi connectivity index (χ4v) is 6.80. The molecular weight excluding hydrogens is 660 g/mol. The second kappa shape index (κ2) is 16.9. The van der Waals surface area contributed by atoms with Crippen molar-refractivity contribution in [2.75, 3.05) is 63.0 Å². The Morgan fingerprint density at radius 3 is 1.33 bits per heavy atom. The number of hydrogen-bond acceptors (Lipinski definition) is 7. The topological polar surface area (TPSA) is 153 Å². The van der Waals surface area contributed by atoms with Gasteiger partial charge in [0.25, 0.3) is 23.6 Å². The molecule has 2 aromatic heterocycles. The van der Waals surface area contributed by atoms with Crippen LogP contribution in [0.3, 0.4) is 0 Å². The third-order valence-electron chi connectivity index (χ3n) is 9.79. The monoisotopic (exact) mass is 708 g/mol. The van der Waals surface area contributed by atoms with Crippen molar-refractivity contribution >= 4 is 35.0 Å². The van der Waals surface area contributed by atoms with Gasteiger partial charge in [0.05, 0.1) is 11.4 Å². The molecular formula is C39H48N8O5. The summed E-state index contributed by atoms with van der Waals surface area (Å²) in [6, 6.07) is 16.6. The van der Waals surface area contributed by atoms with E-state index in [4.69, 9.17) is 0 Å². The third kappa shape index (κ3) is 9.15. The summed E-state index contributed by atoms with van der Waals surface area (Å²) in [6.45, 7) is 7.08. The number of aliphatic hydroxyl groups excluding tert-OH is 1. The summed E-state index contributed by atoms with van der Waals surface area (Å²) in [4.78, 5) is 56.1. The van der Waals surface area contributed by atoms with Crippen LogP contribution in [0, 0.1) is 0 Å². The maximum Gasteiger partial charge on any atom is 0.268 e. The first kappa shape index (κ1) is 36.5. The van der Waals surface area contributed by atoms with Gasteiger partial charge in [-0.05, 0) is 99.4 Å². The molecule has 0 saturated carbocycles.